The van der Waals surface area contributed by atoms with Crippen molar-refractivity contribution in [2.45, 2.75) is 52.5 Å². The number of hydrogen-bond acceptors (Lipinski definition) is 6. The number of nitrogens with zero attached hydrogens (tertiary/aromatic N) is 2. The Morgan fingerprint density at radius 3 is 2.86 bits per heavy atom. The quantitative estimate of drug-likeness (QED) is 0.874. The number of nitrogens with one attached hydrogen (secondary N) is 1. The van der Waals surface area contributed by atoms with Crippen molar-refractivity contribution in [3.63, 3.8) is 0 Å². The second-order valence-electron chi connectivity index (χ2n) is 6.36. The fraction of sp³-hybridized carbons (Fsp3) is 0.800. The molecule has 0 bridgehead atoms. The zero-order chi connectivity index (χ0) is 15.5. The predicted molar refractivity (Wildman–Crippen MR) is 87.0 cm³/mol. The van der Waals surface area contributed by atoms with Crippen molar-refractivity contribution >= 4 is 16.5 Å². The molecule has 1 aromatic rings. The van der Waals surface area contributed by atoms with Crippen molar-refractivity contribution in [1.29, 1.82) is 0 Å². The fourth-order valence-corrected chi connectivity index (χ4v) is 3.41. The van der Waals surface area contributed by atoms with Gasteiger partial charge in [0, 0.05) is 37.7 Å². The minimum absolute atomic E-state index is 0.109. The first-order chi connectivity index (χ1) is 9.91. The molecule has 1 N–H and O–H groups in total. The average Bonchev–Trinajstić information content (AvgIpc) is 2.79. The second-order valence-corrected chi connectivity index (χ2v) is 7.43. The lowest BCUT2D eigenvalue weighted by molar-refractivity contribution is -0.0277. The summed E-state index contributed by atoms with van der Waals surface area (Å²) in [7, 11) is 1.72. The van der Waals surface area contributed by atoms with Gasteiger partial charge in [0.2, 0.25) is 0 Å². The van der Waals surface area contributed by atoms with Gasteiger partial charge in [-0.15, -0.1) is 11.3 Å². The number of anilines is 1. The summed E-state index contributed by atoms with van der Waals surface area (Å²) >= 11 is 1.77. The maximum atomic E-state index is 5.78. The van der Waals surface area contributed by atoms with Crippen molar-refractivity contribution < 1.29 is 9.47 Å². The topological polar surface area (TPSA) is 46.6 Å². The lowest BCUT2D eigenvalue weighted by Gasteiger charge is -2.38. The smallest absolute Gasteiger partial charge is 0.186 e. The molecule has 1 saturated heterocycles. The van der Waals surface area contributed by atoms with E-state index in [4.69, 9.17) is 14.5 Å². The van der Waals surface area contributed by atoms with Gasteiger partial charge in [-0.05, 0) is 13.8 Å². The Bertz CT molecular complexity index is 460. The summed E-state index contributed by atoms with van der Waals surface area (Å²) in [4.78, 5) is 8.38. The van der Waals surface area contributed by atoms with Crippen LogP contribution in [0.5, 0.6) is 0 Å². The van der Waals surface area contributed by atoms with E-state index in [9.17, 15) is 0 Å². The molecule has 0 aromatic carbocycles. The van der Waals surface area contributed by atoms with E-state index in [0.717, 1.165) is 37.1 Å². The molecule has 1 aliphatic heterocycles. The van der Waals surface area contributed by atoms with Crippen LogP contribution in [0.3, 0.4) is 0 Å². The van der Waals surface area contributed by atoms with E-state index in [1.165, 1.54) is 4.88 Å². The van der Waals surface area contributed by atoms with Crippen LogP contribution in [0, 0.1) is 0 Å². The van der Waals surface area contributed by atoms with E-state index in [0.29, 0.717) is 12.6 Å². The zero-order valence-electron chi connectivity index (χ0n) is 13.7. The highest BCUT2D eigenvalue weighted by Crippen LogP contribution is 2.30. The molecule has 1 aliphatic rings. The maximum absolute atomic E-state index is 5.78. The van der Waals surface area contributed by atoms with Crippen molar-refractivity contribution in [3.05, 3.63) is 10.6 Å². The normalized spacial score (nSPS) is 18.5. The van der Waals surface area contributed by atoms with Gasteiger partial charge in [-0.1, -0.05) is 13.8 Å². The van der Waals surface area contributed by atoms with E-state index in [2.05, 4.69) is 37.9 Å². The van der Waals surface area contributed by atoms with Crippen LogP contribution in [0.15, 0.2) is 0 Å². The van der Waals surface area contributed by atoms with Gasteiger partial charge in [-0.2, -0.15) is 0 Å². The zero-order valence-corrected chi connectivity index (χ0v) is 14.5. The summed E-state index contributed by atoms with van der Waals surface area (Å²) in [5.74, 6) is 0. The van der Waals surface area contributed by atoms with Crippen molar-refractivity contribution in [3.8, 4) is 0 Å². The standard InChI is InChI=1S/C15H27N3O2S/c1-11(2)16-8-13-12(9-19-5)17-14(21-13)18-6-7-20-15(3,4)10-18/h11,16H,6-10H2,1-5H3. The summed E-state index contributed by atoms with van der Waals surface area (Å²) in [5.41, 5.74) is 0.941. The molecule has 0 atom stereocenters. The van der Waals surface area contributed by atoms with E-state index < -0.39 is 0 Å². The van der Waals surface area contributed by atoms with Crippen LogP contribution in [0.1, 0.15) is 38.3 Å². The third-order valence-corrected chi connectivity index (χ3v) is 4.57. The van der Waals surface area contributed by atoms with Gasteiger partial charge >= 0.3 is 0 Å². The molecule has 120 valence electrons. The minimum Gasteiger partial charge on any atom is -0.378 e. The van der Waals surface area contributed by atoms with Crippen LogP contribution in [0.2, 0.25) is 0 Å². The molecule has 1 aromatic heterocycles. The Labute approximate surface area is 131 Å². The lowest BCUT2D eigenvalue weighted by atomic mass is 10.1. The number of ether oxygens (including phenoxy) is 2. The summed E-state index contributed by atoms with van der Waals surface area (Å²) in [6, 6.07) is 0.466. The average molecular weight is 313 g/mol. The van der Waals surface area contributed by atoms with E-state index in [1.54, 1.807) is 18.4 Å². The molecule has 0 aliphatic carbocycles. The first kappa shape index (κ1) is 16.7. The number of aromatic nitrogens is 1. The van der Waals surface area contributed by atoms with Gasteiger partial charge in [-0.3, -0.25) is 0 Å². The summed E-state index contributed by atoms with van der Waals surface area (Å²) in [6.07, 6.45) is 0. The highest BCUT2D eigenvalue weighted by molar-refractivity contribution is 7.15. The van der Waals surface area contributed by atoms with Gasteiger partial charge in [-0.25, -0.2) is 4.98 Å². The summed E-state index contributed by atoms with van der Waals surface area (Å²) in [5, 5.41) is 4.55. The molecule has 0 radical (unpaired) electrons. The third kappa shape index (κ3) is 4.64. The lowest BCUT2D eigenvalue weighted by Crippen LogP contribution is -2.48. The fourth-order valence-electron chi connectivity index (χ4n) is 2.37. The molecule has 2 rings (SSSR count). The van der Waals surface area contributed by atoms with Crippen LogP contribution < -0.4 is 10.2 Å². The van der Waals surface area contributed by atoms with E-state index in [1.807, 2.05) is 0 Å². The molecule has 0 amide bonds. The monoisotopic (exact) mass is 313 g/mol. The first-order valence-electron chi connectivity index (χ1n) is 7.51. The van der Waals surface area contributed by atoms with Gasteiger partial charge in [0.05, 0.1) is 24.5 Å². The predicted octanol–water partition coefficient (Wildman–Crippen LogP) is 2.40. The molecule has 21 heavy (non-hydrogen) atoms. The highest BCUT2D eigenvalue weighted by Gasteiger charge is 2.29. The van der Waals surface area contributed by atoms with Crippen molar-refractivity contribution in [2.24, 2.45) is 0 Å². The van der Waals surface area contributed by atoms with E-state index >= 15 is 0 Å². The highest BCUT2D eigenvalue weighted by atomic mass is 32.1. The van der Waals surface area contributed by atoms with Gasteiger partial charge in [0.1, 0.15) is 0 Å². The molecule has 2 heterocycles. The number of rotatable bonds is 6. The number of hydrogen-bond donors (Lipinski definition) is 1. The van der Waals surface area contributed by atoms with Crippen LogP contribution >= 0.6 is 11.3 Å². The minimum atomic E-state index is -0.109. The number of morpholine rings is 1. The number of methoxy groups -OCH3 is 1. The Morgan fingerprint density at radius 1 is 1.48 bits per heavy atom. The Hall–Kier alpha value is -0.690. The van der Waals surface area contributed by atoms with Crippen LogP contribution in [0.25, 0.3) is 0 Å². The molecule has 0 unspecified atom stereocenters. The van der Waals surface area contributed by atoms with Gasteiger partial charge in [0.25, 0.3) is 0 Å². The second kappa shape index (κ2) is 7.05. The largest absolute Gasteiger partial charge is 0.378 e. The summed E-state index contributed by atoms with van der Waals surface area (Å²) < 4.78 is 11.1. The Kier molecular flexibility index (Phi) is 5.60. The van der Waals surface area contributed by atoms with Crippen LogP contribution in [-0.2, 0) is 22.6 Å². The Morgan fingerprint density at radius 2 is 2.24 bits per heavy atom. The first-order valence-corrected chi connectivity index (χ1v) is 8.33. The third-order valence-electron chi connectivity index (χ3n) is 3.42. The molecule has 0 saturated carbocycles. The Balaban J connectivity index is 2.14. The number of thiazole rings is 1. The van der Waals surface area contributed by atoms with Crippen LogP contribution in [-0.4, -0.2) is 43.4 Å². The summed E-state index contributed by atoms with van der Waals surface area (Å²) in [6.45, 7) is 12.5. The molecular formula is C15H27N3O2S. The molecular weight excluding hydrogens is 286 g/mol. The SMILES string of the molecule is COCc1nc(N2CCOC(C)(C)C2)sc1CNC(C)C. The van der Waals surface area contributed by atoms with E-state index in [-0.39, 0.29) is 5.60 Å². The van der Waals surface area contributed by atoms with Crippen molar-refractivity contribution in [1.82, 2.24) is 10.3 Å². The maximum Gasteiger partial charge on any atom is 0.186 e. The molecule has 5 nitrogen and oxygen atoms in total. The van der Waals surface area contributed by atoms with Crippen LogP contribution in [0.4, 0.5) is 5.13 Å². The molecule has 1 fully saturated rings. The van der Waals surface area contributed by atoms with Gasteiger partial charge < -0.3 is 19.7 Å². The van der Waals surface area contributed by atoms with Crippen molar-refractivity contribution in [2.75, 3.05) is 31.7 Å². The van der Waals surface area contributed by atoms with Gasteiger partial charge in [0.15, 0.2) is 5.13 Å². The molecule has 0 spiro atoms. The molecule has 6 heteroatoms.